The maximum absolute atomic E-state index is 13.5. The zero-order valence-corrected chi connectivity index (χ0v) is 13.6. The fourth-order valence-electron chi connectivity index (χ4n) is 2.35. The van der Waals surface area contributed by atoms with E-state index in [0.717, 1.165) is 6.07 Å². The second-order valence-electron chi connectivity index (χ2n) is 6.50. The first-order valence-corrected chi connectivity index (χ1v) is 7.17. The topological polar surface area (TPSA) is 118 Å². The smallest absolute Gasteiger partial charge is 0.295 e. The van der Waals surface area contributed by atoms with Crippen molar-refractivity contribution in [2.24, 2.45) is 11.3 Å². The molecule has 4 N–H and O–H groups in total. The van der Waals surface area contributed by atoms with Crippen molar-refractivity contribution in [3.8, 4) is 0 Å². The van der Waals surface area contributed by atoms with Crippen LogP contribution in [0.3, 0.4) is 0 Å². The minimum absolute atomic E-state index is 0.0118. The molecular formula is C15H22FN3O4. The van der Waals surface area contributed by atoms with E-state index in [-0.39, 0.29) is 18.0 Å². The van der Waals surface area contributed by atoms with Crippen LogP contribution in [0.15, 0.2) is 12.1 Å². The van der Waals surface area contributed by atoms with Gasteiger partial charge in [-0.05, 0) is 12.0 Å². The highest BCUT2D eigenvalue weighted by Gasteiger charge is 2.31. The highest BCUT2D eigenvalue weighted by molar-refractivity contribution is 6.01. The van der Waals surface area contributed by atoms with E-state index in [9.17, 15) is 24.4 Å². The van der Waals surface area contributed by atoms with Crippen molar-refractivity contribution in [3.05, 3.63) is 33.6 Å². The van der Waals surface area contributed by atoms with E-state index in [0.29, 0.717) is 6.07 Å². The number of anilines is 1. The number of carbonyl (C=O) groups excluding carboxylic acids is 1. The van der Waals surface area contributed by atoms with E-state index in [2.05, 4.69) is 5.32 Å². The molecule has 8 heteroatoms. The Labute approximate surface area is 133 Å². The van der Waals surface area contributed by atoms with Gasteiger partial charge < -0.3 is 16.2 Å². The molecule has 0 saturated heterocycles. The molecule has 0 saturated carbocycles. The van der Waals surface area contributed by atoms with E-state index in [4.69, 9.17) is 5.73 Å². The fraction of sp³-hybridized carbons (Fsp3) is 0.533. The standard InChI is InChI=1S/C15H22FN3O4/c1-8(2)13(20)15(3,4)7-18-14(21)10-5-9(16)6-11(12(10)17)19(22)23/h5-6,8,13,20H,7,17H2,1-4H3,(H,18,21). The Morgan fingerprint density at radius 2 is 2.04 bits per heavy atom. The van der Waals surface area contributed by atoms with E-state index in [1.165, 1.54) is 0 Å². The van der Waals surface area contributed by atoms with Crippen molar-refractivity contribution in [1.82, 2.24) is 5.32 Å². The van der Waals surface area contributed by atoms with Gasteiger partial charge in [-0.15, -0.1) is 0 Å². The lowest BCUT2D eigenvalue weighted by atomic mass is 9.80. The lowest BCUT2D eigenvalue weighted by molar-refractivity contribution is -0.384. The number of nitrogens with one attached hydrogen (secondary N) is 1. The molecule has 128 valence electrons. The van der Waals surface area contributed by atoms with Crippen LogP contribution in [0.25, 0.3) is 0 Å². The average Bonchev–Trinajstić information content (AvgIpc) is 2.45. The molecule has 1 atom stereocenters. The Kier molecular flexibility index (Phi) is 5.65. The van der Waals surface area contributed by atoms with Gasteiger partial charge in [0.1, 0.15) is 11.5 Å². The summed E-state index contributed by atoms with van der Waals surface area (Å²) in [5, 5.41) is 23.5. The molecule has 0 radical (unpaired) electrons. The van der Waals surface area contributed by atoms with Gasteiger partial charge in [0.2, 0.25) is 0 Å². The zero-order valence-electron chi connectivity index (χ0n) is 13.6. The first-order valence-electron chi connectivity index (χ1n) is 7.17. The van der Waals surface area contributed by atoms with E-state index >= 15 is 0 Å². The number of nitro groups is 1. The third kappa shape index (κ3) is 4.38. The molecule has 1 unspecified atom stereocenters. The predicted octanol–water partition coefficient (Wildman–Crippen LogP) is 2.09. The number of aliphatic hydroxyl groups is 1. The zero-order chi connectivity index (χ0) is 17.9. The van der Waals surface area contributed by atoms with Gasteiger partial charge in [0.05, 0.1) is 22.7 Å². The highest BCUT2D eigenvalue weighted by atomic mass is 19.1. The largest absolute Gasteiger partial charge is 0.393 e. The Bertz CT molecular complexity index is 617. The quantitative estimate of drug-likeness (QED) is 0.420. The third-order valence-corrected chi connectivity index (χ3v) is 3.70. The fourth-order valence-corrected chi connectivity index (χ4v) is 2.35. The van der Waals surface area contributed by atoms with E-state index in [1.54, 1.807) is 13.8 Å². The number of nitro benzene ring substituents is 1. The average molecular weight is 327 g/mol. The molecule has 23 heavy (non-hydrogen) atoms. The third-order valence-electron chi connectivity index (χ3n) is 3.70. The van der Waals surface area contributed by atoms with Crippen LogP contribution in [0.4, 0.5) is 15.8 Å². The van der Waals surface area contributed by atoms with Crippen LogP contribution >= 0.6 is 0 Å². The first kappa shape index (κ1) is 18.8. The number of carbonyl (C=O) groups is 1. The van der Waals surface area contributed by atoms with Crippen LogP contribution in [0.5, 0.6) is 0 Å². The van der Waals surface area contributed by atoms with Gasteiger partial charge in [-0.3, -0.25) is 14.9 Å². The molecule has 1 amide bonds. The summed E-state index contributed by atoms with van der Waals surface area (Å²) in [7, 11) is 0. The van der Waals surface area contributed by atoms with Gasteiger partial charge in [-0.2, -0.15) is 0 Å². The van der Waals surface area contributed by atoms with E-state index < -0.39 is 39.5 Å². The summed E-state index contributed by atoms with van der Waals surface area (Å²) in [5.41, 5.74) is 3.61. The molecule has 0 spiro atoms. The summed E-state index contributed by atoms with van der Waals surface area (Å²) in [6.07, 6.45) is -0.665. The SMILES string of the molecule is CC(C)C(O)C(C)(C)CNC(=O)c1cc(F)cc([N+](=O)[O-])c1N. The second kappa shape index (κ2) is 6.91. The van der Waals surface area contributed by atoms with Crippen molar-refractivity contribution in [2.75, 3.05) is 12.3 Å². The number of aliphatic hydroxyl groups excluding tert-OH is 1. The molecule has 0 aliphatic carbocycles. The molecule has 1 aromatic rings. The van der Waals surface area contributed by atoms with Gasteiger partial charge in [-0.1, -0.05) is 27.7 Å². The van der Waals surface area contributed by atoms with Crippen LogP contribution in [0.2, 0.25) is 0 Å². The first-order chi connectivity index (χ1) is 10.5. The summed E-state index contributed by atoms with van der Waals surface area (Å²) < 4.78 is 13.5. The van der Waals surface area contributed by atoms with Crippen molar-refractivity contribution in [3.63, 3.8) is 0 Å². The number of nitrogen functional groups attached to an aromatic ring is 1. The molecule has 0 heterocycles. The van der Waals surface area contributed by atoms with Gasteiger partial charge in [0.25, 0.3) is 11.6 Å². The predicted molar refractivity (Wildman–Crippen MR) is 84.4 cm³/mol. The number of amides is 1. The number of nitrogens with two attached hydrogens (primary N) is 1. The maximum Gasteiger partial charge on any atom is 0.295 e. The van der Waals surface area contributed by atoms with Crippen LogP contribution in [-0.2, 0) is 0 Å². The summed E-state index contributed by atoms with van der Waals surface area (Å²) in [6.45, 7) is 7.35. The Hall–Kier alpha value is -2.22. The Balaban J connectivity index is 2.98. The monoisotopic (exact) mass is 327 g/mol. The molecule has 0 aliphatic rings. The van der Waals surface area contributed by atoms with Crippen molar-refractivity contribution >= 4 is 17.3 Å². The minimum atomic E-state index is -0.919. The van der Waals surface area contributed by atoms with Gasteiger partial charge in [0, 0.05) is 12.0 Å². The van der Waals surface area contributed by atoms with Crippen LogP contribution < -0.4 is 11.1 Å². The van der Waals surface area contributed by atoms with Crippen LogP contribution in [-0.4, -0.2) is 28.6 Å². The number of hydrogen-bond donors (Lipinski definition) is 3. The number of nitrogens with zero attached hydrogens (tertiary/aromatic N) is 1. The number of benzene rings is 1. The molecule has 0 aliphatic heterocycles. The highest BCUT2D eigenvalue weighted by Crippen LogP contribution is 2.28. The van der Waals surface area contributed by atoms with Gasteiger partial charge in [0.15, 0.2) is 0 Å². The Morgan fingerprint density at radius 1 is 1.48 bits per heavy atom. The molecule has 0 fully saturated rings. The summed E-state index contributed by atoms with van der Waals surface area (Å²) in [6, 6.07) is 1.52. The number of hydrogen-bond acceptors (Lipinski definition) is 5. The van der Waals surface area contributed by atoms with Crippen molar-refractivity contribution in [1.29, 1.82) is 0 Å². The molecular weight excluding hydrogens is 305 g/mol. The van der Waals surface area contributed by atoms with Gasteiger partial charge in [-0.25, -0.2) is 4.39 Å². The maximum atomic E-state index is 13.5. The number of halogens is 1. The summed E-state index contributed by atoms with van der Waals surface area (Å²) >= 11 is 0. The normalized spacial score (nSPS) is 13.0. The molecule has 1 rings (SSSR count). The van der Waals surface area contributed by atoms with Crippen LogP contribution in [0.1, 0.15) is 38.1 Å². The number of rotatable bonds is 6. The van der Waals surface area contributed by atoms with Crippen LogP contribution in [0, 0.1) is 27.3 Å². The minimum Gasteiger partial charge on any atom is -0.393 e. The van der Waals surface area contributed by atoms with Crippen molar-refractivity contribution in [2.45, 2.75) is 33.8 Å². The molecule has 1 aromatic carbocycles. The second-order valence-corrected chi connectivity index (χ2v) is 6.50. The molecule has 0 bridgehead atoms. The lowest BCUT2D eigenvalue weighted by Gasteiger charge is -2.33. The lowest BCUT2D eigenvalue weighted by Crippen LogP contribution is -2.43. The Morgan fingerprint density at radius 3 is 2.52 bits per heavy atom. The van der Waals surface area contributed by atoms with Crippen molar-refractivity contribution < 1.29 is 19.2 Å². The molecule has 0 aromatic heterocycles. The summed E-state index contributed by atoms with van der Waals surface area (Å²) in [5.74, 6) is -1.66. The van der Waals surface area contributed by atoms with Gasteiger partial charge >= 0.3 is 0 Å². The van der Waals surface area contributed by atoms with E-state index in [1.807, 2.05) is 13.8 Å². The molecule has 7 nitrogen and oxygen atoms in total. The summed E-state index contributed by atoms with van der Waals surface area (Å²) in [4.78, 5) is 22.1.